The molecule has 2 aromatic rings. The van der Waals surface area contributed by atoms with Gasteiger partial charge in [-0.15, -0.1) is 0 Å². The van der Waals surface area contributed by atoms with Gasteiger partial charge in [0.05, 0.1) is 0 Å². The molecule has 0 saturated carbocycles. The van der Waals surface area contributed by atoms with Gasteiger partial charge in [0.25, 0.3) is 0 Å². The lowest BCUT2D eigenvalue weighted by Gasteiger charge is -2.24. The minimum atomic E-state index is -0.666. The SMILES string of the molecule is NC(=O)C1C(S)CC(=O)N1Cc1ccc(Oc2ccccc2)cc1. The fourth-order valence-electron chi connectivity index (χ4n) is 2.78. The Labute approximate surface area is 145 Å². The maximum Gasteiger partial charge on any atom is 0.241 e. The molecule has 6 heteroatoms. The van der Waals surface area contributed by atoms with Crippen LogP contribution in [0.4, 0.5) is 0 Å². The number of carbonyl (C=O) groups is 2. The number of nitrogens with zero attached hydrogens (tertiary/aromatic N) is 1. The topological polar surface area (TPSA) is 72.6 Å². The van der Waals surface area contributed by atoms with Gasteiger partial charge in [0.2, 0.25) is 11.8 Å². The van der Waals surface area contributed by atoms with Crippen molar-refractivity contribution in [3.8, 4) is 11.5 Å². The van der Waals surface area contributed by atoms with Gasteiger partial charge in [-0.3, -0.25) is 9.59 Å². The van der Waals surface area contributed by atoms with E-state index in [4.69, 9.17) is 10.5 Å². The van der Waals surface area contributed by atoms with Crippen molar-refractivity contribution < 1.29 is 14.3 Å². The Morgan fingerprint density at radius 3 is 2.38 bits per heavy atom. The zero-order valence-electron chi connectivity index (χ0n) is 13.0. The van der Waals surface area contributed by atoms with Crippen LogP contribution in [0.25, 0.3) is 0 Å². The molecule has 2 unspecified atom stereocenters. The lowest BCUT2D eigenvalue weighted by atomic mass is 10.1. The predicted molar refractivity (Wildman–Crippen MR) is 93.9 cm³/mol. The molecule has 1 heterocycles. The molecule has 0 spiro atoms. The zero-order valence-corrected chi connectivity index (χ0v) is 13.9. The van der Waals surface area contributed by atoms with Gasteiger partial charge in [-0.05, 0) is 29.8 Å². The van der Waals surface area contributed by atoms with E-state index in [1.165, 1.54) is 4.90 Å². The summed E-state index contributed by atoms with van der Waals surface area (Å²) in [5.41, 5.74) is 6.30. The maximum atomic E-state index is 12.1. The summed E-state index contributed by atoms with van der Waals surface area (Å²) in [6.45, 7) is 0.328. The van der Waals surface area contributed by atoms with Crippen molar-refractivity contribution in [2.75, 3.05) is 0 Å². The highest BCUT2D eigenvalue weighted by atomic mass is 32.1. The van der Waals surface area contributed by atoms with Crippen LogP contribution in [0.5, 0.6) is 11.5 Å². The standard InChI is InChI=1S/C18H18N2O3S/c19-18(22)17-15(24)10-16(21)20(17)11-12-6-8-14(9-7-12)23-13-4-2-1-3-5-13/h1-9,15,17,24H,10-11H2,(H2,19,22). The Morgan fingerprint density at radius 2 is 1.75 bits per heavy atom. The Hall–Kier alpha value is -2.47. The van der Waals surface area contributed by atoms with E-state index >= 15 is 0 Å². The molecule has 1 saturated heterocycles. The second-order valence-electron chi connectivity index (χ2n) is 5.70. The van der Waals surface area contributed by atoms with Gasteiger partial charge in [0, 0.05) is 18.2 Å². The summed E-state index contributed by atoms with van der Waals surface area (Å²) in [6.07, 6.45) is 0.228. The van der Waals surface area contributed by atoms with Crippen molar-refractivity contribution in [1.29, 1.82) is 0 Å². The molecule has 0 aliphatic carbocycles. The molecule has 0 radical (unpaired) electrons. The molecule has 2 aromatic carbocycles. The summed E-state index contributed by atoms with van der Waals surface area (Å²) in [4.78, 5) is 25.1. The van der Waals surface area contributed by atoms with E-state index in [0.717, 1.165) is 11.3 Å². The van der Waals surface area contributed by atoms with Crippen LogP contribution in [0.2, 0.25) is 0 Å². The first-order valence-corrected chi connectivity index (χ1v) is 8.15. The van der Waals surface area contributed by atoms with Gasteiger partial charge in [-0.2, -0.15) is 12.6 Å². The Bertz CT molecular complexity index is 734. The molecule has 5 nitrogen and oxygen atoms in total. The van der Waals surface area contributed by atoms with Crippen LogP contribution in [-0.4, -0.2) is 28.0 Å². The molecule has 0 aromatic heterocycles. The third-order valence-corrected chi connectivity index (χ3v) is 4.42. The van der Waals surface area contributed by atoms with Crippen LogP contribution >= 0.6 is 12.6 Å². The van der Waals surface area contributed by atoms with Gasteiger partial charge in [-0.1, -0.05) is 30.3 Å². The number of benzene rings is 2. The predicted octanol–water partition coefficient (Wildman–Crippen LogP) is 2.36. The molecular weight excluding hydrogens is 324 g/mol. The number of hydrogen-bond donors (Lipinski definition) is 2. The van der Waals surface area contributed by atoms with E-state index in [2.05, 4.69) is 12.6 Å². The fraction of sp³-hybridized carbons (Fsp3) is 0.222. The number of ether oxygens (including phenoxy) is 1. The highest BCUT2D eigenvalue weighted by molar-refractivity contribution is 7.81. The summed E-state index contributed by atoms with van der Waals surface area (Å²) in [6, 6.07) is 16.2. The molecule has 2 N–H and O–H groups in total. The van der Waals surface area contributed by atoms with Gasteiger partial charge < -0.3 is 15.4 Å². The molecule has 24 heavy (non-hydrogen) atoms. The number of hydrogen-bond acceptors (Lipinski definition) is 4. The van der Waals surface area contributed by atoms with Crippen molar-refractivity contribution in [2.24, 2.45) is 5.73 Å². The second-order valence-corrected chi connectivity index (χ2v) is 6.36. The van der Waals surface area contributed by atoms with Gasteiger partial charge in [-0.25, -0.2) is 0 Å². The lowest BCUT2D eigenvalue weighted by Crippen LogP contribution is -2.45. The zero-order chi connectivity index (χ0) is 17.1. The number of primary amides is 1. The molecular formula is C18H18N2O3S. The van der Waals surface area contributed by atoms with Crippen molar-refractivity contribution in [2.45, 2.75) is 24.3 Å². The Morgan fingerprint density at radius 1 is 1.12 bits per heavy atom. The minimum absolute atomic E-state index is 0.108. The summed E-state index contributed by atoms with van der Waals surface area (Å²) in [5, 5.41) is -0.351. The summed E-state index contributed by atoms with van der Waals surface area (Å²) in [7, 11) is 0. The smallest absolute Gasteiger partial charge is 0.241 e. The van der Waals surface area contributed by atoms with Crippen LogP contribution in [-0.2, 0) is 16.1 Å². The quantitative estimate of drug-likeness (QED) is 0.820. The van der Waals surface area contributed by atoms with Crippen LogP contribution < -0.4 is 10.5 Å². The molecule has 2 atom stereocenters. The summed E-state index contributed by atoms with van der Waals surface area (Å²) in [5.74, 6) is 0.830. The van der Waals surface area contributed by atoms with Crippen LogP contribution in [0.3, 0.4) is 0 Å². The van der Waals surface area contributed by atoms with Crippen molar-refractivity contribution in [3.05, 3.63) is 60.2 Å². The molecule has 124 valence electrons. The first-order valence-electron chi connectivity index (χ1n) is 7.63. The molecule has 1 aliphatic rings. The van der Waals surface area contributed by atoms with Gasteiger partial charge in [0.15, 0.2) is 0 Å². The van der Waals surface area contributed by atoms with E-state index in [1.807, 2.05) is 54.6 Å². The van der Waals surface area contributed by atoms with E-state index in [1.54, 1.807) is 0 Å². The van der Waals surface area contributed by atoms with Crippen LogP contribution in [0, 0.1) is 0 Å². The van der Waals surface area contributed by atoms with Crippen LogP contribution in [0.15, 0.2) is 54.6 Å². The molecule has 0 bridgehead atoms. The molecule has 3 rings (SSSR count). The number of para-hydroxylation sites is 1. The van der Waals surface area contributed by atoms with E-state index in [9.17, 15) is 9.59 Å². The number of thiol groups is 1. The minimum Gasteiger partial charge on any atom is -0.457 e. The largest absolute Gasteiger partial charge is 0.457 e. The molecule has 2 amide bonds. The number of likely N-dealkylation sites (tertiary alicyclic amines) is 1. The lowest BCUT2D eigenvalue weighted by molar-refractivity contribution is -0.134. The average molecular weight is 342 g/mol. The second kappa shape index (κ2) is 6.97. The first-order chi connectivity index (χ1) is 11.5. The third-order valence-electron chi connectivity index (χ3n) is 3.95. The average Bonchev–Trinajstić information content (AvgIpc) is 2.84. The van der Waals surface area contributed by atoms with Gasteiger partial charge in [0.1, 0.15) is 17.5 Å². The summed E-state index contributed by atoms with van der Waals surface area (Å²) >= 11 is 4.30. The van der Waals surface area contributed by atoms with Crippen molar-refractivity contribution >= 4 is 24.4 Å². The third kappa shape index (κ3) is 3.54. The van der Waals surface area contributed by atoms with E-state index in [-0.39, 0.29) is 17.6 Å². The number of rotatable bonds is 5. The van der Waals surface area contributed by atoms with Gasteiger partial charge >= 0.3 is 0 Å². The normalized spacial score (nSPS) is 20.2. The van der Waals surface area contributed by atoms with Crippen molar-refractivity contribution in [3.63, 3.8) is 0 Å². The monoisotopic (exact) mass is 342 g/mol. The summed E-state index contributed by atoms with van der Waals surface area (Å²) < 4.78 is 5.73. The Kier molecular flexibility index (Phi) is 4.76. The highest BCUT2D eigenvalue weighted by Crippen LogP contribution is 2.27. The first kappa shape index (κ1) is 16.4. The number of amides is 2. The maximum absolute atomic E-state index is 12.1. The fourth-order valence-corrected chi connectivity index (χ4v) is 3.25. The molecule has 1 aliphatic heterocycles. The van der Waals surface area contributed by atoms with Crippen molar-refractivity contribution in [1.82, 2.24) is 4.90 Å². The number of nitrogens with two attached hydrogens (primary N) is 1. The molecule has 1 fully saturated rings. The number of carbonyl (C=O) groups excluding carboxylic acids is 2. The highest BCUT2D eigenvalue weighted by Gasteiger charge is 2.41. The Balaban J connectivity index is 1.70. The van der Waals surface area contributed by atoms with Crippen LogP contribution in [0.1, 0.15) is 12.0 Å². The van der Waals surface area contributed by atoms with E-state index in [0.29, 0.717) is 12.3 Å². The van der Waals surface area contributed by atoms with E-state index < -0.39 is 11.9 Å².